The maximum atomic E-state index is 11.8. The zero-order valence-corrected chi connectivity index (χ0v) is 11.2. The summed E-state index contributed by atoms with van der Waals surface area (Å²) in [6, 6.07) is 0. The van der Waals surface area contributed by atoms with Crippen LogP contribution >= 0.6 is 11.9 Å². The molecule has 0 saturated heterocycles. The summed E-state index contributed by atoms with van der Waals surface area (Å²) in [6.07, 6.45) is 11.7. The molecule has 18 heavy (non-hydrogen) atoms. The minimum absolute atomic E-state index is 0.132. The summed E-state index contributed by atoms with van der Waals surface area (Å²) in [7, 11) is 0. The highest BCUT2D eigenvalue weighted by atomic mass is 32.2. The summed E-state index contributed by atoms with van der Waals surface area (Å²) in [4.78, 5) is 0. The van der Waals surface area contributed by atoms with Gasteiger partial charge < -0.3 is 0 Å². The third-order valence-electron chi connectivity index (χ3n) is 3.96. The molecule has 0 aromatic carbocycles. The Balaban J connectivity index is 1.44. The Morgan fingerprint density at radius 2 is 1.94 bits per heavy atom. The molecule has 2 aliphatic carbocycles. The number of hydrogen-bond acceptors (Lipinski definition) is 2. The van der Waals surface area contributed by atoms with Crippen LogP contribution in [0.1, 0.15) is 38.5 Å². The van der Waals surface area contributed by atoms with Crippen molar-refractivity contribution in [3.05, 3.63) is 12.2 Å². The Kier molecular flexibility index (Phi) is 5.01. The minimum atomic E-state index is -4.16. The third kappa shape index (κ3) is 4.50. The summed E-state index contributed by atoms with van der Waals surface area (Å²) in [5, 5.41) is 0. The third-order valence-corrected chi connectivity index (χ3v) is 4.54. The predicted molar refractivity (Wildman–Crippen MR) is 69.0 cm³/mol. The second kappa shape index (κ2) is 6.33. The van der Waals surface area contributed by atoms with Crippen LogP contribution in [0.2, 0.25) is 0 Å². The predicted octanol–water partition coefficient (Wildman–Crippen LogP) is 4.52. The van der Waals surface area contributed by atoms with E-state index in [1.54, 1.807) is 0 Å². The highest BCUT2D eigenvalue weighted by Gasteiger charge is 2.34. The van der Waals surface area contributed by atoms with Gasteiger partial charge in [0.2, 0.25) is 0 Å². The number of allylic oxidation sites excluding steroid dienone is 2. The summed E-state index contributed by atoms with van der Waals surface area (Å²) in [5.74, 6) is 2.47. The van der Waals surface area contributed by atoms with Crippen LogP contribution in [-0.4, -0.2) is 12.1 Å². The molecule has 0 amide bonds. The molecule has 0 aromatic heterocycles. The molecule has 0 radical (unpaired) electrons. The van der Waals surface area contributed by atoms with E-state index in [4.69, 9.17) is 0 Å². The lowest BCUT2D eigenvalue weighted by Gasteiger charge is -2.17. The van der Waals surface area contributed by atoms with Gasteiger partial charge in [-0.15, -0.1) is 0 Å². The van der Waals surface area contributed by atoms with Crippen molar-refractivity contribution in [3.8, 4) is 0 Å². The number of rotatable bonds is 7. The molecular formula is C13H20F3NS. The van der Waals surface area contributed by atoms with Crippen LogP contribution < -0.4 is 4.72 Å². The maximum Gasteiger partial charge on any atom is 0.456 e. The zero-order chi connectivity index (χ0) is 13.0. The van der Waals surface area contributed by atoms with Crippen molar-refractivity contribution in [3.63, 3.8) is 0 Å². The van der Waals surface area contributed by atoms with E-state index in [-0.39, 0.29) is 11.9 Å². The minimum Gasteiger partial charge on any atom is -0.257 e. The fourth-order valence-corrected chi connectivity index (χ4v) is 3.55. The number of hydrogen-bond donors (Lipinski definition) is 1. The van der Waals surface area contributed by atoms with Crippen LogP contribution in [0.3, 0.4) is 0 Å². The van der Waals surface area contributed by atoms with Gasteiger partial charge in [0.05, 0.1) is 0 Å². The first-order valence-electron chi connectivity index (χ1n) is 6.70. The van der Waals surface area contributed by atoms with E-state index in [0.29, 0.717) is 6.54 Å². The maximum absolute atomic E-state index is 11.8. The second-order valence-electron chi connectivity index (χ2n) is 5.33. The van der Waals surface area contributed by atoms with Crippen LogP contribution in [0.4, 0.5) is 13.2 Å². The van der Waals surface area contributed by atoms with Crippen LogP contribution in [0, 0.1) is 17.8 Å². The van der Waals surface area contributed by atoms with E-state index in [0.717, 1.165) is 37.0 Å². The lowest BCUT2D eigenvalue weighted by molar-refractivity contribution is -0.0335. The SMILES string of the molecule is FC(F)(F)SNCCCCCC1CC2C=CC1C2. The fourth-order valence-electron chi connectivity index (χ4n) is 3.14. The standard InChI is InChI=1S/C13H20F3NS/c14-13(15,16)18-17-7-3-1-2-4-11-8-10-5-6-12(11)9-10/h5-6,10-12,17H,1-4,7-9H2. The molecule has 0 spiro atoms. The van der Waals surface area contributed by atoms with Gasteiger partial charge in [-0.3, -0.25) is 4.72 Å². The van der Waals surface area contributed by atoms with Crippen molar-refractivity contribution in [2.45, 2.75) is 44.0 Å². The van der Waals surface area contributed by atoms with Crippen molar-refractivity contribution >= 4 is 11.9 Å². The normalized spacial score (nSPS) is 30.3. The number of unbranched alkanes of at least 4 members (excludes halogenated alkanes) is 2. The molecule has 2 bridgehead atoms. The molecule has 0 aromatic rings. The van der Waals surface area contributed by atoms with E-state index in [1.807, 2.05) is 0 Å². The molecule has 5 heteroatoms. The smallest absolute Gasteiger partial charge is 0.257 e. The highest BCUT2D eigenvalue weighted by Crippen LogP contribution is 2.45. The molecule has 0 heterocycles. The van der Waals surface area contributed by atoms with E-state index >= 15 is 0 Å². The first-order chi connectivity index (χ1) is 8.54. The molecule has 0 aliphatic heterocycles. The van der Waals surface area contributed by atoms with Gasteiger partial charge >= 0.3 is 5.51 Å². The van der Waals surface area contributed by atoms with Crippen LogP contribution in [0.5, 0.6) is 0 Å². The first kappa shape index (κ1) is 14.3. The average molecular weight is 279 g/mol. The summed E-state index contributed by atoms with van der Waals surface area (Å²) in [5.41, 5.74) is -4.16. The molecule has 3 atom stereocenters. The van der Waals surface area contributed by atoms with Gasteiger partial charge in [-0.2, -0.15) is 13.2 Å². The van der Waals surface area contributed by atoms with E-state index in [1.165, 1.54) is 19.3 Å². The van der Waals surface area contributed by atoms with Gasteiger partial charge in [0.15, 0.2) is 0 Å². The molecule has 1 saturated carbocycles. The number of nitrogens with one attached hydrogen (secondary N) is 1. The molecular weight excluding hydrogens is 259 g/mol. The van der Waals surface area contributed by atoms with Gasteiger partial charge in [0, 0.05) is 18.5 Å². The Labute approximate surface area is 111 Å². The molecule has 1 fully saturated rings. The van der Waals surface area contributed by atoms with Crippen molar-refractivity contribution in [2.75, 3.05) is 6.54 Å². The summed E-state index contributed by atoms with van der Waals surface area (Å²) < 4.78 is 37.8. The highest BCUT2D eigenvalue weighted by molar-refractivity contribution is 7.98. The Bertz CT molecular complexity index is 290. The van der Waals surface area contributed by atoms with E-state index in [2.05, 4.69) is 16.9 Å². The van der Waals surface area contributed by atoms with Crippen LogP contribution in [0.15, 0.2) is 12.2 Å². The molecule has 2 rings (SSSR count). The molecule has 2 aliphatic rings. The quantitative estimate of drug-likeness (QED) is 0.418. The van der Waals surface area contributed by atoms with Gasteiger partial charge in [-0.25, -0.2) is 0 Å². The number of halogens is 3. The van der Waals surface area contributed by atoms with Crippen molar-refractivity contribution < 1.29 is 13.2 Å². The van der Waals surface area contributed by atoms with Gasteiger partial charge in [-0.05, 0) is 43.4 Å². The van der Waals surface area contributed by atoms with Crippen LogP contribution in [0.25, 0.3) is 0 Å². The second-order valence-corrected chi connectivity index (χ2v) is 6.29. The molecule has 104 valence electrons. The lowest BCUT2D eigenvalue weighted by Crippen LogP contribution is -2.14. The number of fused-ring (bicyclic) bond motifs is 2. The Morgan fingerprint density at radius 3 is 2.56 bits per heavy atom. The lowest BCUT2D eigenvalue weighted by atomic mass is 9.89. The molecule has 1 N–H and O–H groups in total. The summed E-state index contributed by atoms with van der Waals surface area (Å²) >= 11 is -0.132. The topological polar surface area (TPSA) is 12.0 Å². The van der Waals surface area contributed by atoms with Crippen molar-refractivity contribution in [1.82, 2.24) is 4.72 Å². The number of alkyl halides is 3. The largest absolute Gasteiger partial charge is 0.456 e. The molecule has 3 unspecified atom stereocenters. The first-order valence-corrected chi connectivity index (χ1v) is 7.52. The monoisotopic (exact) mass is 279 g/mol. The van der Waals surface area contributed by atoms with E-state index < -0.39 is 5.51 Å². The van der Waals surface area contributed by atoms with Gasteiger partial charge in [0.25, 0.3) is 0 Å². The fraction of sp³-hybridized carbons (Fsp3) is 0.846. The van der Waals surface area contributed by atoms with Crippen LogP contribution in [-0.2, 0) is 0 Å². The van der Waals surface area contributed by atoms with Gasteiger partial charge in [0.1, 0.15) is 0 Å². The van der Waals surface area contributed by atoms with E-state index in [9.17, 15) is 13.2 Å². The van der Waals surface area contributed by atoms with Gasteiger partial charge in [-0.1, -0.05) is 25.0 Å². The molecule has 1 nitrogen and oxygen atoms in total. The Hall–Kier alpha value is -0.160. The zero-order valence-electron chi connectivity index (χ0n) is 10.4. The summed E-state index contributed by atoms with van der Waals surface area (Å²) in [6.45, 7) is 0.445. The van der Waals surface area contributed by atoms with Crippen molar-refractivity contribution in [2.24, 2.45) is 17.8 Å². The average Bonchev–Trinajstić information content (AvgIpc) is 2.88. The Morgan fingerprint density at radius 1 is 1.11 bits per heavy atom. The van der Waals surface area contributed by atoms with Crippen molar-refractivity contribution in [1.29, 1.82) is 0 Å².